The van der Waals surface area contributed by atoms with Gasteiger partial charge in [0.25, 0.3) is 0 Å². The van der Waals surface area contributed by atoms with E-state index < -0.39 is 0 Å². The van der Waals surface area contributed by atoms with Gasteiger partial charge >= 0.3 is 6.03 Å². The number of amides is 2. The Labute approximate surface area is 223 Å². The van der Waals surface area contributed by atoms with E-state index in [9.17, 15) is 4.79 Å². The van der Waals surface area contributed by atoms with Gasteiger partial charge in [-0.2, -0.15) is 0 Å². The Hall–Kier alpha value is -4.61. The van der Waals surface area contributed by atoms with Crippen molar-refractivity contribution in [1.82, 2.24) is 9.88 Å². The number of fused-ring (bicyclic) bond motifs is 1. The van der Waals surface area contributed by atoms with E-state index in [-0.39, 0.29) is 6.03 Å². The maximum Gasteiger partial charge on any atom is 0.323 e. The first-order chi connectivity index (χ1) is 18.6. The summed E-state index contributed by atoms with van der Waals surface area (Å²) < 4.78 is 12.1. The maximum absolute atomic E-state index is 12.2. The van der Waals surface area contributed by atoms with E-state index >= 15 is 0 Å². The minimum Gasteiger partial charge on any atom is -0.504 e. The van der Waals surface area contributed by atoms with Crippen LogP contribution in [0.2, 0.25) is 0 Å². The summed E-state index contributed by atoms with van der Waals surface area (Å²) in [6.07, 6.45) is 2.55. The molecular weight excluding hydrogens is 478 g/mol. The number of nitrogens with one attached hydrogen (secondary N) is 2. The van der Waals surface area contributed by atoms with Crippen LogP contribution in [0, 0.1) is 6.57 Å². The second kappa shape index (κ2) is 13.1. The first-order valence-electron chi connectivity index (χ1n) is 12.7. The summed E-state index contributed by atoms with van der Waals surface area (Å²) >= 11 is 0. The summed E-state index contributed by atoms with van der Waals surface area (Å²) in [6.45, 7) is 15.4. The maximum atomic E-state index is 12.2. The third kappa shape index (κ3) is 6.99. The number of aromatic nitrogens is 1. The lowest BCUT2D eigenvalue weighted by Gasteiger charge is -2.18. The van der Waals surface area contributed by atoms with Crippen LogP contribution >= 0.6 is 0 Å². The van der Waals surface area contributed by atoms with Crippen molar-refractivity contribution >= 4 is 34.0 Å². The predicted molar refractivity (Wildman–Crippen MR) is 152 cm³/mol. The van der Waals surface area contributed by atoms with E-state index in [4.69, 9.17) is 16.0 Å². The number of para-hydroxylation sites is 1. The Morgan fingerprint density at radius 1 is 0.947 bits per heavy atom. The van der Waals surface area contributed by atoms with E-state index in [1.54, 1.807) is 48.7 Å². The van der Waals surface area contributed by atoms with Crippen molar-refractivity contribution in [1.29, 1.82) is 0 Å². The van der Waals surface area contributed by atoms with E-state index in [1.165, 1.54) is 0 Å². The molecule has 0 aliphatic heterocycles. The molecule has 3 aromatic carbocycles. The molecule has 8 nitrogen and oxygen atoms in total. The Kier molecular flexibility index (Phi) is 9.11. The molecule has 0 fully saturated rings. The third-order valence-corrected chi connectivity index (χ3v) is 6.05. The number of carbonyl (C=O) groups excluding carboxylic acids is 1. The van der Waals surface area contributed by atoms with Gasteiger partial charge in [-0.3, -0.25) is 4.98 Å². The highest BCUT2D eigenvalue weighted by Gasteiger charge is 2.12. The molecule has 4 rings (SSSR count). The fourth-order valence-electron chi connectivity index (χ4n) is 3.99. The number of urea groups is 1. The van der Waals surface area contributed by atoms with Crippen LogP contribution in [0.1, 0.15) is 20.3 Å². The smallest absolute Gasteiger partial charge is 0.323 e. The number of rotatable bonds is 11. The molecule has 2 amide bonds. The molecule has 0 bridgehead atoms. The Balaban J connectivity index is 1.42. The summed E-state index contributed by atoms with van der Waals surface area (Å²) in [5.41, 5.74) is 2.44. The van der Waals surface area contributed by atoms with Gasteiger partial charge in [-0.05, 0) is 74.1 Å². The summed E-state index contributed by atoms with van der Waals surface area (Å²) in [4.78, 5) is 22.7. The molecule has 0 spiro atoms. The second-order valence-corrected chi connectivity index (χ2v) is 8.56. The van der Waals surface area contributed by atoms with Crippen LogP contribution < -0.4 is 20.1 Å². The van der Waals surface area contributed by atoms with Gasteiger partial charge in [0.2, 0.25) is 5.69 Å². The summed E-state index contributed by atoms with van der Waals surface area (Å²) in [5.74, 6) is 1.70. The van der Waals surface area contributed by atoms with E-state index in [2.05, 4.69) is 39.2 Å². The molecule has 1 heterocycles. The quantitative estimate of drug-likeness (QED) is 0.163. The topological polar surface area (TPSA) is 80.1 Å². The highest BCUT2D eigenvalue weighted by atomic mass is 16.5. The Bertz CT molecular complexity index is 1400. The fourth-order valence-corrected chi connectivity index (χ4v) is 3.99. The average Bonchev–Trinajstić information content (AvgIpc) is 2.94. The van der Waals surface area contributed by atoms with Gasteiger partial charge in [-0.25, -0.2) is 9.64 Å². The summed E-state index contributed by atoms with van der Waals surface area (Å²) in [5, 5.41) is 6.30. The van der Waals surface area contributed by atoms with Crippen molar-refractivity contribution in [3.8, 4) is 17.2 Å². The first-order valence-corrected chi connectivity index (χ1v) is 12.7. The minimum atomic E-state index is -0.331. The fraction of sp³-hybridized carbons (Fsp3) is 0.233. The molecule has 0 unspecified atom stereocenters. The van der Waals surface area contributed by atoms with E-state index in [1.807, 2.05) is 30.3 Å². The number of ether oxygens (including phenoxy) is 2. The van der Waals surface area contributed by atoms with Gasteiger partial charge in [0.1, 0.15) is 17.2 Å². The SMILES string of the molecule is [C-]#[N+]c1cc2c(Oc3ccc(NC(=O)Nc4ccccc4)cc3)ccnc2cc1OCCCN(CC)CC. The van der Waals surface area contributed by atoms with Crippen LogP contribution in [0.25, 0.3) is 15.7 Å². The number of hydrogen-bond acceptors (Lipinski definition) is 5. The lowest BCUT2D eigenvalue weighted by Crippen LogP contribution is -2.25. The summed E-state index contributed by atoms with van der Waals surface area (Å²) in [7, 11) is 0. The molecule has 4 aromatic rings. The van der Waals surface area contributed by atoms with Crippen molar-refractivity contribution < 1.29 is 14.3 Å². The zero-order valence-corrected chi connectivity index (χ0v) is 21.6. The minimum absolute atomic E-state index is 0.331. The molecular formula is C30H31N5O3. The Morgan fingerprint density at radius 2 is 1.66 bits per heavy atom. The first kappa shape index (κ1) is 26.5. The molecule has 0 aliphatic rings. The van der Waals surface area contributed by atoms with Gasteiger partial charge in [0, 0.05) is 29.5 Å². The van der Waals surface area contributed by atoms with Crippen LogP contribution in [-0.4, -0.2) is 42.2 Å². The zero-order chi connectivity index (χ0) is 26.7. The molecule has 1 aromatic heterocycles. The van der Waals surface area contributed by atoms with Gasteiger partial charge in [0.05, 0.1) is 18.7 Å². The van der Waals surface area contributed by atoms with Crippen molar-refractivity contribution in [2.24, 2.45) is 0 Å². The van der Waals surface area contributed by atoms with Crippen molar-refractivity contribution in [3.05, 3.63) is 90.4 Å². The molecule has 0 atom stereocenters. The molecule has 8 heteroatoms. The number of hydrogen-bond donors (Lipinski definition) is 2. The molecule has 38 heavy (non-hydrogen) atoms. The van der Waals surface area contributed by atoms with Gasteiger partial charge in [-0.15, -0.1) is 0 Å². The third-order valence-electron chi connectivity index (χ3n) is 6.05. The number of benzene rings is 3. The van der Waals surface area contributed by atoms with Crippen molar-refractivity contribution in [2.45, 2.75) is 20.3 Å². The van der Waals surface area contributed by atoms with Crippen molar-refractivity contribution in [2.75, 3.05) is 36.9 Å². The monoisotopic (exact) mass is 509 g/mol. The standard InChI is InChI=1S/C30H31N5O3/c1-4-35(5-2)18-9-19-37-29-21-26-25(20-27(29)31-3)28(16-17-32-26)38-24-14-12-23(13-15-24)34-30(36)33-22-10-7-6-8-11-22/h6-8,10-17,20-21H,4-5,9,18-19H2,1-2H3,(H2,33,34,36). The highest BCUT2D eigenvalue weighted by Crippen LogP contribution is 2.37. The van der Waals surface area contributed by atoms with Crippen LogP contribution in [-0.2, 0) is 0 Å². The zero-order valence-electron chi connectivity index (χ0n) is 21.6. The van der Waals surface area contributed by atoms with E-state index in [0.29, 0.717) is 46.4 Å². The van der Waals surface area contributed by atoms with Crippen LogP contribution in [0.3, 0.4) is 0 Å². The number of anilines is 2. The predicted octanol–water partition coefficient (Wildman–Crippen LogP) is 7.33. The van der Waals surface area contributed by atoms with Gasteiger partial charge in [-0.1, -0.05) is 32.0 Å². The molecule has 0 saturated heterocycles. The molecule has 0 aliphatic carbocycles. The molecule has 2 N–H and O–H groups in total. The van der Waals surface area contributed by atoms with E-state index in [0.717, 1.165) is 31.4 Å². The lowest BCUT2D eigenvalue weighted by molar-refractivity contribution is 0.250. The Morgan fingerprint density at radius 3 is 2.34 bits per heavy atom. The largest absolute Gasteiger partial charge is 0.504 e. The number of pyridine rings is 1. The number of nitrogens with zero attached hydrogens (tertiary/aromatic N) is 3. The van der Waals surface area contributed by atoms with Crippen LogP contribution in [0.4, 0.5) is 21.9 Å². The molecule has 0 radical (unpaired) electrons. The second-order valence-electron chi connectivity index (χ2n) is 8.56. The average molecular weight is 510 g/mol. The highest BCUT2D eigenvalue weighted by molar-refractivity contribution is 5.99. The van der Waals surface area contributed by atoms with Gasteiger partial charge in [0.15, 0.2) is 0 Å². The van der Waals surface area contributed by atoms with Gasteiger partial charge < -0.3 is 25.0 Å². The van der Waals surface area contributed by atoms with Crippen molar-refractivity contribution in [3.63, 3.8) is 0 Å². The van der Waals surface area contributed by atoms with Crippen LogP contribution in [0.5, 0.6) is 17.2 Å². The normalized spacial score (nSPS) is 10.7. The number of carbonyl (C=O) groups is 1. The lowest BCUT2D eigenvalue weighted by atomic mass is 10.1. The summed E-state index contributed by atoms with van der Waals surface area (Å²) in [6, 6.07) is 21.3. The van der Waals surface area contributed by atoms with Crippen LogP contribution in [0.15, 0.2) is 79.0 Å². The molecule has 0 saturated carbocycles. The molecule has 194 valence electrons.